The van der Waals surface area contributed by atoms with Crippen molar-refractivity contribution in [2.75, 3.05) is 19.6 Å². The van der Waals surface area contributed by atoms with Crippen molar-refractivity contribution in [3.63, 3.8) is 0 Å². The fourth-order valence-electron chi connectivity index (χ4n) is 1.94. The average molecular weight is 254 g/mol. The van der Waals surface area contributed by atoms with E-state index in [4.69, 9.17) is 5.73 Å². The molecule has 0 radical (unpaired) electrons. The Balaban J connectivity index is 2.21. The van der Waals surface area contributed by atoms with E-state index in [1.165, 1.54) is 4.31 Å². The zero-order valence-corrected chi connectivity index (χ0v) is 10.8. The van der Waals surface area contributed by atoms with Gasteiger partial charge in [0.1, 0.15) is 0 Å². The Labute approximate surface area is 102 Å². The molecule has 4 nitrogen and oxygen atoms in total. The summed E-state index contributed by atoms with van der Waals surface area (Å²) in [5.74, 6) is 0.319. The first kappa shape index (κ1) is 12.5. The monoisotopic (exact) mass is 254 g/mol. The van der Waals surface area contributed by atoms with Crippen molar-refractivity contribution >= 4 is 10.0 Å². The summed E-state index contributed by atoms with van der Waals surface area (Å²) in [6, 6.07) is 7.15. The number of nitrogens with zero attached hydrogens (tertiary/aromatic N) is 1. The summed E-state index contributed by atoms with van der Waals surface area (Å²) in [4.78, 5) is 0.396. The van der Waals surface area contributed by atoms with Gasteiger partial charge in [0.15, 0.2) is 0 Å². The third kappa shape index (κ3) is 2.36. The van der Waals surface area contributed by atoms with Gasteiger partial charge in [-0.2, -0.15) is 4.31 Å². The maximum atomic E-state index is 12.2. The lowest BCUT2D eigenvalue weighted by Crippen LogP contribution is -2.52. The number of nitrogens with two attached hydrogens (primary N) is 1. The van der Waals surface area contributed by atoms with Gasteiger partial charge in [0.05, 0.1) is 4.90 Å². The van der Waals surface area contributed by atoms with Crippen LogP contribution in [-0.4, -0.2) is 32.4 Å². The SMILES string of the molecule is CCc1cccc(S(=O)(=O)N2CC(CN)C2)c1. The van der Waals surface area contributed by atoms with Gasteiger partial charge >= 0.3 is 0 Å². The first-order valence-corrected chi connectivity index (χ1v) is 7.31. The number of sulfonamides is 1. The molecule has 94 valence electrons. The minimum atomic E-state index is -3.30. The van der Waals surface area contributed by atoms with E-state index in [2.05, 4.69) is 0 Å². The first-order valence-electron chi connectivity index (χ1n) is 5.87. The molecule has 0 aromatic heterocycles. The second-order valence-corrected chi connectivity index (χ2v) is 6.36. The summed E-state index contributed by atoms with van der Waals surface area (Å²) in [7, 11) is -3.30. The van der Waals surface area contributed by atoms with E-state index in [1.807, 2.05) is 13.0 Å². The molecule has 1 aliphatic heterocycles. The lowest BCUT2D eigenvalue weighted by atomic mass is 10.0. The number of hydrogen-bond donors (Lipinski definition) is 1. The molecule has 1 aromatic rings. The lowest BCUT2D eigenvalue weighted by molar-refractivity contribution is 0.207. The van der Waals surface area contributed by atoms with Crippen LogP contribution in [-0.2, 0) is 16.4 Å². The molecule has 0 atom stereocenters. The quantitative estimate of drug-likeness (QED) is 0.865. The van der Waals surface area contributed by atoms with Crippen LogP contribution in [0.25, 0.3) is 0 Å². The van der Waals surface area contributed by atoms with Crippen molar-refractivity contribution in [3.8, 4) is 0 Å². The highest BCUT2D eigenvalue weighted by atomic mass is 32.2. The molecule has 2 N–H and O–H groups in total. The van der Waals surface area contributed by atoms with Crippen LogP contribution in [0, 0.1) is 5.92 Å². The van der Waals surface area contributed by atoms with Crippen molar-refractivity contribution in [2.24, 2.45) is 11.7 Å². The summed E-state index contributed by atoms with van der Waals surface area (Å²) < 4.78 is 26.0. The Morgan fingerprint density at radius 1 is 1.41 bits per heavy atom. The fraction of sp³-hybridized carbons (Fsp3) is 0.500. The van der Waals surface area contributed by atoms with Gasteiger partial charge in [-0.3, -0.25) is 0 Å². The Hall–Kier alpha value is -0.910. The molecule has 2 rings (SSSR count). The van der Waals surface area contributed by atoms with Crippen molar-refractivity contribution in [3.05, 3.63) is 29.8 Å². The van der Waals surface area contributed by atoms with E-state index >= 15 is 0 Å². The Kier molecular flexibility index (Phi) is 3.51. The summed E-state index contributed by atoms with van der Waals surface area (Å²) in [6.45, 7) is 3.67. The normalized spacial score (nSPS) is 18.0. The van der Waals surface area contributed by atoms with E-state index in [0.29, 0.717) is 30.4 Å². The van der Waals surface area contributed by atoms with E-state index in [9.17, 15) is 8.42 Å². The minimum absolute atomic E-state index is 0.319. The van der Waals surface area contributed by atoms with Gasteiger partial charge < -0.3 is 5.73 Å². The van der Waals surface area contributed by atoms with Crippen LogP contribution in [0.15, 0.2) is 29.2 Å². The van der Waals surface area contributed by atoms with Gasteiger partial charge in [-0.15, -0.1) is 0 Å². The maximum Gasteiger partial charge on any atom is 0.243 e. The fourth-order valence-corrected chi connectivity index (χ4v) is 3.61. The van der Waals surface area contributed by atoms with Crippen molar-refractivity contribution in [1.29, 1.82) is 0 Å². The maximum absolute atomic E-state index is 12.2. The minimum Gasteiger partial charge on any atom is -0.330 e. The van der Waals surface area contributed by atoms with Gasteiger partial charge in [0.2, 0.25) is 10.0 Å². The molecule has 1 aliphatic rings. The molecular formula is C12H18N2O2S. The molecule has 0 spiro atoms. The Morgan fingerprint density at radius 2 is 2.12 bits per heavy atom. The molecular weight excluding hydrogens is 236 g/mol. The lowest BCUT2D eigenvalue weighted by Gasteiger charge is -2.37. The van der Waals surface area contributed by atoms with Gasteiger partial charge in [0.25, 0.3) is 0 Å². The van der Waals surface area contributed by atoms with Crippen molar-refractivity contribution in [2.45, 2.75) is 18.2 Å². The molecule has 1 heterocycles. The predicted molar refractivity (Wildman–Crippen MR) is 67.1 cm³/mol. The third-order valence-corrected chi connectivity index (χ3v) is 5.03. The van der Waals surface area contributed by atoms with E-state index in [-0.39, 0.29) is 0 Å². The number of hydrogen-bond acceptors (Lipinski definition) is 3. The van der Waals surface area contributed by atoms with E-state index in [0.717, 1.165) is 12.0 Å². The van der Waals surface area contributed by atoms with Crippen molar-refractivity contribution in [1.82, 2.24) is 4.31 Å². The Morgan fingerprint density at radius 3 is 2.71 bits per heavy atom. The number of benzene rings is 1. The summed E-state index contributed by atoms with van der Waals surface area (Å²) in [6.07, 6.45) is 0.842. The topological polar surface area (TPSA) is 63.4 Å². The van der Waals surface area contributed by atoms with Gasteiger partial charge in [-0.05, 0) is 36.6 Å². The molecule has 0 unspecified atom stereocenters. The highest BCUT2D eigenvalue weighted by molar-refractivity contribution is 7.89. The summed E-state index contributed by atoms with van der Waals surface area (Å²) in [5.41, 5.74) is 6.55. The van der Waals surface area contributed by atoms with Crippen LogP contribution in [0.5, 0.6) is 0 Å². The second kappa shape index (κ2) is 4.76. The predicted octanol–water partition coefficient (Wildman–Crippen LogP) is 0.828. The van der Waals surface area contributed by atoms with E-state index < -0.39 is 10.0 Å². The molecule has 1 saturated heterocycles. The highest BCUT2D eigenvalue weighted by Gasteiger charge is 2.35. The molecule has 0 aliphatic carbocycles. The smallest absolute Gasteiger partial charge is 0.243 e. The largest absolute Gasteiger partial charge is 0.330 e. The number of aryl methyl sites for hydroxylation is 1. The van der Waals surface area contributed by atoms with Crippen LogP contribution < -0.4 is 5.73 Å². The van der Waals surface area contributed by atoms with Crippen LogP contribution >= 0.6 is 0 Å². The summed E-state index contributed by atoms with van der Waals surface area (Å²) in [5, 5.41) is 0. The molecule has 17 heavy (non-hydrogen) atoms. The molecule has 1 aromatic carbocycles. The molecule has 0 saturated carbocycles. The molecule has 0 bridgehead atoms. The second-order valence-electron chi connectivity index (χ2n) is 4.42. The standard InChI is InChI=1S/C12H18N2O2S/c1-2-10-4-3-5-12(6-10)17(15,16)14-8-11(7-13)9-14/h3-6,11H,2,7-9,13H2,1H3. The Bertz CT molecular complexity index is 493. The molecule has 0 amide bonds. The summed E-state index contributed by atoms with van der Waals surface area (Å²) >= 11 is 0. The first-order chi connectivity index (χ1) is 8.07. The van der Waals surface area contributed by atoms with Gasteiger partial charge in [-0.25, -0.2) is 8.42 Å². The average Bonchev–Trinajstić information content (AvgIpc) is 2.27. The van der Waals surface area contributed by atoms with Crippen LogP contribution in [0.4, 0.5) is 0 Å². The zero-order valence-electron chi connectivity index (χ0n) is 9.96. The number of rotatable bonds is 4. The van der Waals surface area contributed by atoms with Crippen LogP contribution in [0.3, 0.4) is 0 Å². The molecule has 1 fully saturated rings. The van der Waals surface area contributed by atoms with E-state index in [1.54, 1.807) is 18.2 Å². The van der Waals surface area contributed by atoms with Gasteiger partial charge in [0, 0.05) is 13.1 Å². The zero-order chi connectivity index (χ0) is 12.5. The molecule has 5 heteroatoms. The van der Waals surface area contributed by atoms with Crippen LogP contribution in [0.1, 0.15) is 12.5 Å². The van der Waals surface area contributed by atoms with Crippen LogP contribution in [0.2, 0.25) is 0 Å². The van der Waals surface area contributed by atoms with Gasteiger partial charge in [-0.1, -0.05) is 19.1 Å². The third-order valence-electron chi connectivity index (χ3n) is 3.20. The van der Waals surface area contributed by atoms with Crippen molar-refractivity contribution < 1.29 is 8.42 Å². The highest BCUT2D eigenvalue weighted by Crippen LogP contribution is 2.24.